The predicted octanol–water partition coefficient (Wildman–Crippen LogP) is -0.869. The lowest BCUT2D eigenvalue weighted by Gasteiger charge is -2.15. The standard InChI is InChI=1S/C13H19N5O2.ClH.H2O/c14-11(19)10(7-4-8-17-13(15)16)18-12(20)9-5-2-1-3-6-9;;/h1-3,5-6,10H,4,7-8H2,(H2,14,19)(H,18,20)(H4,15,16,17);1H;1H2/t10-;;/m0../s1. The van der Waals surface area contributed by atoms with Crippen molar-refractivity contribution >= 4 is 30.2 Å². The van der Waals surface area contributed by atoms with Crippen LogP contribution in [0.2, 0.25) is 0 Å². The zero-order chi connectivity index (χ0) is 15.0. The molecular weight excluding hydrogens is 310 g/mol. The Labute approximate surface area is 134 Å². The molecule has 1 aromatic rings. The van der Waals surface area contributed by atoms with E-state index in [1.807, 2.05) is 0 Å². The molecular formula is C13H22ClN5O3. The highest BCUT2D eigenvalue weighted by atomic mass is 35.5. The van der Waals surface area contributed by atoms with Crippen LogP contribution in [0.25, 0.3) is 0 Å². The second-order valence-electron chi connectivity index (χ2n) is 4.28. The molecule has 0 spiro atoms. The lowest BCUT2D eigenvalue weighted by molar-refractivity contribution is -0.120. The smallest absolute Gasteiger partial charge is 0.251 e. The highest BCUT2D eigenvalue weighted by molar-refractivity contribution is 5.97. The molecule has 1 atom stereocenters. The van der Waals surface area contributed by atoms with Gasteiger partial charge in [0.25, 0.3) is 5.91 Å². The molecule has 0 unspecified atom stereocenters. The summed E-state index contributed by atoms with van der Waals surface area (Å²) >= 11 is 0. The van der Waals surface area contributed by atoms with Crippen LogP contribution < -0.4 is 22.1 Å². The number of nitrogens with two attached hydrogens (primary N) is 2. The van der Waals surface area contributed by atoms with E-state index in [-0.39, 0.29) is 29.7 Å². The lowest BCUT2D eigenvalue weighted by Crippen LogP contribution is -2.45. The Hall–Kier alpha value is -2.32. The summed E-state index contributed by atoms with van der Waals surface area (Å²) in [4.78, 5) is 23.2. The molecule has 0 heterocycles. The first kappa shape index (κ1) is 22.0. The van der Waals surface area contributed by atoms with Gasteiger partial charge in [-0.1, -0.05) is 18.2 Å². The minimum Gasteiger partial charge on any atom is -0.412 e. The van der Waals surface area contributed by atoms with Crippen molar-refractivity contribution in [1.29, 1.82) is 5.41 Å². The molecule has 0 aromatic heterocycles. The van der Waals surface area contributed by atoms with E-state index >= 15 is 0 Å². The van der Waals surface area contributed by atoms with E-state index < -0.39 is 11.9 Å². The first-order chi connectivity index (χ1) is 9.50. The topological polar surface area (TPSA) is 166 Å². The van der Waals surface area contributed by atoms with Crippen molar-refractivity contribution in [2.75, 3.05) is 6.54 Å². The average molecular weight is 332 g/mol. The van der Waals surface area contributed by atoms with E-state index in [0.29, 0.717) is 24.9 Å². The molecule has 1 rings (SSSR count). The van der Waals surface area contributed by atoms with Crippen LogP contribution in [0.1, 0.15) is 23.2 Å². The molecule has 1 aromatic carbocycles. The van der Waals surface area contributed by atoms with Gasteiger partial charge in [-0.05, 0) is 25.0 Å². The van der Waals surface area contributed by atoms with Crippen molar-refractivity contribution in [3.8, 4) is 0 Å². The third-order valence-electron chi connectivity index (χ3n) is 2.67. The van der Waals surface area contributed by atoms with Crippen LogP contribution in [-0.4, -0.2) is 35.8 Å². The summed E-state index contributed by atoms with van der Waals surface area (Å²) in [6, 6.07) is 7.86. The Balaban J connectivity index is 0. The summed E-state index contributed by atoms with van der Waals surface area (Å²) < 4.78 is 0. The first-order valence-electron chi connectivity index (χ1n) is 6.24. The molecule has 0 bridgehead atoms. The highest BCUT2D eigenvalue weighted by Crippen LogP contribution is 2.02. The number of halogens is 1. The van der Waals surface area contributed by atoms with Crippen molar-refractivity contribution in [2.24, 2.45) is 11.5 Å². The molecule has 8 nitrogen and oxygen atoms in total. The minimum absolute atomic E-state index is 0. The number of primary amides is 1. The molecule has 9 N–H and O–H groups in total. The maximum Gasteiger partial charge on any atom is 0.251 e. The number of carbonyl (C=O) groups excluding carboxylic acids is 2. The molecule has 124 valence electrons. The number of benzene rings is 1. The molecule has 0 fully saturated rings. The van der Waals surface area contributed by atoms with Gasteiger partial charge < -0.3 is 27.6 Å². The summed E-state index contributed by atoms with van der Waals surface area (Å²) in [5, 5.41) is 12.2. The number of carbonyl (C=O) groups is 2. The summed E-state index contributed by atoms with van der Waals surface area (Å²) in [5.74, 6) is -1.06. The molecule has 9 heteroatoms. The largest absolute Gasteiger partial charge is 0.412 e. The van der Waals surface area contributed by atoms with Crippen LogP contribution in [0.15, 0.2) is 30.3 Å². The maximum absolute atomic E-state index is 11.9. The fourth-order valence-corrected chi connectivity index (χ4v) is 1.65. The summed E-state index contributed by atoms with van der Waals surface area (Å²) in [5.41, 5.74) is 10.9. The molecule has 22 heavy (non-hydrogen) atoms. The summed E-state index contributed by atoms with van der Waals surface area (Å²) in [7, 11) is 0. The van der Waals surface area contributed by atoms with Crippen LogP contribution in [0.5, 0.6) is 0 Å². The van der Waals surface area contributed by atoms with Crippen molar-refractivity contribution in [3.63, 3.8) is 0 Å². The lowest BCUT2D eigenvalue weighted by atomic mass is 10.1. The van der Waals surface area contributed by atoms with Gasteiger partial charge in [0.05, 0.1) is 0 Å². The SMILES string of the molecule is Cl.N=C(N)NCCC[C@H](NC(=O)c1ccccc1)C(N)=O.O. The molecule has 0 aliphatic rings. The number of amides is 2. The molecule has 2 amide bonds. The minimum atomic E-state index is -0.739. The number of rotatable bonds is 7. The van der Waals surface area contributed by atoms with Crippen molar-refractivity contribution in [2.45, 2.75) is 18.9 Å². The number of hydrogen-bond donors (Lipinski definition) is 5. The zero-order valence-electron chi connectivity index (χ0n) is 12.0. The van der Waals surface area contributed by atoms with E-state index in [9.17, 15) is 9.59 Å². The van der Waals surface area contributed by atoms with Gasteiger partial charge in [-0.3, -0.25) is 15.0 Å². The fraction of sp³-hybridized carbons (Fsp3) is 0.308. The Bertz CT molecular complexity index is 484. The average Bonchev–Trinajstić information content (AvgIpc) is 2.42. The molecule has 0 saturated carbocycles. The predicted molar refractivity (Wildman–Crippen MR) is 86.9 cm³/mol. The number of nitrogens with one attached hydrogen (secondary N) is 3. The van der Waals surface area contributed by atoms with Crippen LogP contribution >= 0.6 is 12.4 Å². The molecule has 0 aliphatic heterocycles. The Morgan fingerprint density at radius 3 is 2.27 bits per heavy atom. The van der Waals surface area contributed by atoms with Crippen LogP contribution in [0.4, 0.5) is 0 Å². The van der Waals surface area contributed by atoms with E-state index in [2.05, 4.69) is 10.6 Å². The van der Waals surface area contributed by atoms with Crippen molar-refractivity contribution < 1.29 is 15.1 Å². The quantitative estimate of drug-likeness (QED) is 0.249. The second-order valence-corrected chi connectivity index (χ2v) is 4.28. The second kappa shape index (κ2) is 11.4. The van der Waals surface area contributed by atoms with Crippen molar-refractivity contribution in [3.05, 3.63) is 35.9 Å². The molecule has 0 aliphatic carbocycles. The van der Waals surface area contributed by atoms with Gasteiger partial charge in [0.1, 0.15) is 6.04 Å². The Kier molecular flexibility index (Phi) is 11.3. The first-order valence-corrected chi connectivity index (χ1v) is 6.24. The Morgan fingerprint density at radius 1 is 1.18 bits per heavy atom. The van der Waals surface area contributed by atoms with E-state index in [4.69, 9.17) is 16.9 Å². The van der Waals surface area contributed by atoms with Crippen LogP contribution in [0.3, 0.4) is 0 Å². The van der Waals surface area contributed by atoms with E-state index in [1.54, 1.807) is 30.3 Å². The highest BCUT2D eigenvalue weighted by Gasteiger charge is 2.18. The normalized spacial score (nSPS) is 10.4. The number of guanidine groups is 1. The third kappa shape index (κ3) is 8.08. The molecule has 0 saturated heterocycles. The van der Waals surface area contributed by atoms with Crippen LogP contribution in [-0.2, 0) is 4.79 Å². The van der Waals surface area contributed by atoms with Gasteiger partial charge in [0.2, 0.25) is 5.91 Å². The third-order valence-corrected chi connectivity index (χ3v) is 2.67. The maximum atomic E-state index is 11.9. The van der Waals surface area contributed by atoms with Crippen LogP contribution in [0, 0.1) is 5.41 Å². The van der Waals surface area contributed by atoms with Gasteiger partial charge in [-0.15, -0.1) is 12.4 Å². The van der Waals surface area contributed by atoms with Gasteiger partial charge in [-0.25, -0.2) is 0 Å². The van der Waals surface area contributed by atoms with Crippen molar-refractivity contribution in [1.82, 2.24) is 10.6 Å². The van der Waals surface area contributed by atoms with Gasteiger partial charge in [0, 0.05) is 12.1 Å². The summed E-state index contributed by atoms with van der Waals surface area (Å²) in [6.07, 6.45) is 0.941. The molecule has 0 radical (unpaired) electrons. The van der Waals surface area contributed by atoms with E-state index in [0.717, 1.165) is 0 Å². The van der Waals surface area contributed by atoms with Gasteiger partial charge >= 0.3 is 0 Å². The van der Waals surface area contributed by atoms with E-state index in [1.165, 1.54) is 0 Å². The summed E-state index contributed by atoms with van der Waals surface area (Å²) in [6.45, 7) is 0.445. The Morgan fingerprint density at radius 2 is 1.77 bits per heavy atom. The van der Waals surface area contributed by atoms with Gasteiger partial charge in [0.15, 0.2) is 5.96 Å². The fourth-order valence-electron chi connectivity index (χ4n) is 1.65. The monoisotopic (exact) mass is 331 g/mol. The van der Waals surface area contributed by atoms with Gasteiger partial charge in [-0.2, -0.15) is 0 Å². The number of hydrogen-bond acceptors (Lipinski definition) is 3. The zero-order valence-corrected chi connectivity index (χ0v) is 12.8.